The standard InChI is InChI=1S/C72H101N17O26.CH4N2O/c1-5-6-7-8-9-10-11-22-53(93)81-44(25-38-31-76-42-20-15-13-17-39(38)42)66(108)84-45(27-52(75)92)67(109)86-48(30-59(102)103)68(110)89-61-37(4)115-72(114)49(26-51(91)40-18-12-14-19-41(40)74)87-71(113)60(35(2)24-56(96)97)88-69(111)50(34-90)82-55(95)32-77-63(105)46(28-57(98)99)83-62(104)36(3)79-65(107)47(29-58(100)101)85-64(106)43(21-16-23-73)80-54(94)33-78-70(61)112;2-1(3)4/h12-15,17-20,31,35-37,43-50,60-61,76,90H,5-11,16,21-30,32-34,73-74H2,1-4H3,(H2,75,92)(H,77,105)(H,78,112)(H,79,107)(H,80,94)(H,81,93)(H,82,95)(H,83,104)(H,84,108)(H,85,106)(H,86,109)(H,87,113)(H,88,111)(H,89,110)(H,96,97)(H,98,99)(H,100,101)(H,102,103);(H4,2,3,4)/t35-,36-,37-,43+,44+,45+,46+,47+,48+,49+,50-,60+,61+;/m1./s1. The van der Waals surface area contributed by atoms with Crippen LogP contribution >= 0.6 is 0 Å². The SMILES string of the molecule is CCCCCCCCCC(=O)N[C@@H](Cc1c[nH]c2ccccc12)C(=O)N[C@@H](CC(N)=O)C(=O)N[C@@H](CC(=O)O)C(=O)N[C@@H]1C(=O)NCC(=O)N[C@@H](CCCN)C(=O)N[C@@H](CC(=O)O)C(=O)N[C@H](C)C(=O)N[C@@H](CC(=O)O)C(=O)NCC(=O)N[C@H](CO)C(=O)N[C@@H]([C@H](C)CC(=O)O)C(=O)N[C@@H](CC(=O)c2ccccc2N)C(=O)O[C@@H]1C.NC(N)=O. The number of nitrogens with two attached hydrogens (primary N) is 5. The number of carboxylic acids is 4. The Balaban J connectivity index is 0.00000893. The highest BCUT2D eigenvalue weighted by Gasteiger charge is 2.41. The number of cyclic esters (lactones) is 1. The van der Waals surface area contributed by atoms with Crippen molar-refractivity contribution in [2.24, 2.45) is 28.9 Å². The van der Waals surface area contributed by atoms with Crippen LogP contribution in [0.15, 0.2) is 54.7 Å². The molecule has 29 N–H and O–H groups in total. The zero-order valence-corrected chi connectivity index (χ0v) is 65.7. The fraction of sp³-hybridized carbons (Fsp3) is 0.521. The van der Waals surface area contributed by atoms with Crippen LogP contribution in [0.1, 0.15) is 146 Å². The summed E-state index contributed by atoms with van der Waals surface area (Å²) in [6.45, 7) is 1.11. The highest BCUT2D eigenvalue weighted by Crippen LogP contribution is 2.22. The van der Waals surface area contributed by atoms with Gasteiger partial charge in [-0.15, -0.1) is 0 Å². The molecule has 0 spiro atoms. The van der Waals surface area contributed by atoms with Gasteiger partial charge >= 0.3 is 35.9 Å². The third-order valence-corrected chi connectivity index (χ3v) is 17.9. The molecule has 0 bridgehead atoms. The lowest BCUT2D eigenvalue weighted by Gasteiger charge is -2.30. The van der Waals surface area contributed by atoms with Crippen LogP contribution in [0.25, 0.3) is 10.9 Å². The Morgan fingerprint density at radius 1 is 0.538 bits per heavy atom. The predicted octanol–water partition coefficient (Wildman–Crippen LogP) is -6.60. The van der Waals surface area contributed by atoms with Crippen molar-refractivity contribution in [1.82, 2.24) is 74.1 Å². The van der Waals surface area contributed by atoms with Gasteiger partial charge in [0.05, 0.1) is 51.8 Å². The number of hydrogen-bond acceptors (Lipinski definition) is 25. The molecule has 0 unspecified atom stereocenters. The van der Waals surface area contributed by atoms with E-state index in [2.05, 4.69) is 76.5 Å². The first kappa shape index (κ1) is 99.8. The maximum Gasteiger partial charge on any atom is 0.329 e. The molecule has 46 heteroatoms. The summed E-state index contributed by atoms with van der Waals surface area (Å²) < 4.78 is 5.68. The fourth-order valence-corrected chi connectivity index (χ4v) is 11.7. The highest BCUT2D eigenvalue weighted by atomic mass is 16.5. The average molecular weight is 1680 g/mol. The quantitative estimate of drug-likeness (QED) is 0.0113. The number of unbranched alkanes of at least 4 members (excludes halogenated alkanes) is 6. The molecule has 119 heavy (non-hydrogen) atoms. The summed E-state index contributed by atoms with van der Waals surface area (Å²) in [4.78, 5) is 285. The summed E-state index contributed by atoms with van der Waals surface area (Å²) in [7, 11) is 0. The number of H-pyrrole nitrogens is 1. The molecule has 0 saturated carbocycles. The van der Waals surface area contributed by atoms with Crippen molar-refractivity contribution in [2.45, 2.75) is 209 Å². The number of ether oxygens (including phenoxy) is 1. The molecule has 0 aliphatic carbocycles. The minimum absolute atomic E-state index is 0.0186. The number of nitrogen functional groups attached to an aromatic ring is 1. The van der Waals surface area contributed by atoms with E-state index in [9.17, 15) is 121 Å². The lowest BCUT2D eigenvalue weighted by atomic mass is 9.96. The first-order valence-electron chi connectivity index (χ1n) is 37.6. The molecule has 2 aromatic carbocycles. The number of aromatic nitrogens is 1. The minimum atomic E-state index is -2.45. The lowest BCUT2D eigenvalue weighted by Crippen LogP contribution is -2.62. The van der Waals surface area contributed by atoms with Crippen molar-refractivity contribution in [3.05, 3.63) is 65.9 Å². The molecule has 13 atom stereocenters. The Labute approximate surface area is 679 Å². The monoisotopic (exact) mass is 1680 g/mol. The Hall–Kier alpha value is -13.4. The van der Waals surface area contributed by atoms with E-state index in [1.807, 2.05) is 16.0 Å². The van der Waals surface area contributed by atoms with Crippen molar-refractivity contribution in [3.63, 3.8) is 0 Å². The first-order chi connectivity index (χ1) is 56.1. The number of nitrogens with one attached hydrogen (secondary N) is 14. The Morgan fingerprint density at radius 3 is 1.64 bits per heavy atom. The first-order valence-corrected chi connectivity index (χ1v) is 37.6. The maximum absolute atomic E-state index is 14.8. The number of ketones is 1. The van der Waals surface area contributed by atoms with Crippen LogP contribution < -0.4 is 97.8 Å². The van der Waals surface area contributed by atoms with Crippen molar-refractivity contribution in [3.8, 4) is 0 Å². The number of aromatic amines is 1. The summed E-state index contributed by atoms with van der Waals surface area (Å²) in [6.07, 6.45) is -2.33. The largest absolute Gasteiger partial charge is 0.481 e. The van der Waals surface area contributed by atoms with E-state index in [0.29, 0.717) is 29.3 Å². The molecule has 3 aromatic rings. The number of carboxylic acid groups (broad SMARTS) is 4. The summed E-state index contributed by atoms with van der Waals surface area (Å²) >= 11 is 0. The minimum Gasteiger partial charge on any atom is -0.481 e. The number of anilines is 1. The molecule has 1 saturated heterocycles. The molecular formula is C73H105N19O27. The number of amides is 16. The van der Waals surface area contributed by atoms with Gasteiger partial charge in [0.25, 0.3) is 0 Å². The summed E-state index contributed by atoms with van der Waals surface area (Å²) in [5.74, 6) is -29.7. The summed E-state index contributed by atoms with van der Waals surface area (Å²) in [5.41, 5.74) is 26.6. The van der Waals surface area contributed by atoms with Gasteiger partial charge in [0.2, 0.25) is 82.7 Å². The van der Waals surface area contributed by atoms with Crippen molar-refractivity contribution >= 4 is 141 Å². The van der Waals surface area contributed by atoms with Crippen LogP contribution in [0, 0.1) is 5.92 Å². The number of rotatable bonds is 35. The second kappa shape index (κ2) is 50.8. The van der Waals surface area contributed by atoms with E-state index in [-0.39, 0.29) is 37.1 Å². The van der Waals surface area contributed by atoms with E-state index in [4.69, 9.17) is 26.7 Å². The van der Waals surface area contributed by atoms with Crippen molar-refractivity contribution < 1.29 is 131 Å². The number of aliphatic hydroxyl groups excluding tert-OH is 1. The number of benzene rings is 2. The predicted molar refractivity (Wildman–Crippen MR) is 414 cm³/mol. The van der Waals surface area contributed by atoms with Gasteiger partial charge < -0.3 is 133 Å². The number of primary amides is 3. The maximum atomic E-state index is 14.8. The molecule has 1 fully saturated rings. The molecule has 1 aliphatic rings. The lowest BCUT2D eigenvalue weighted by molar-refractivity contribution is -0.156. The summed E-state index contributed by atoms with van der Waals surface area (Å²) in [5, 5.41) is 78.7. The second-order valence-corrected chi connectivity index (χ2v) is 27.7. The Morgan fingerprint density at radius 2 is 1.06 bits per heavy atom. The Kier molecular flexibility index (Phi) is 42.6. The van der Waals surface area contributed by atoms with Crippen LogP contribution in [-0.2, 0) is 102 Å². The van der Waals surface area contributed by atoms with E-state index >= 15 is 0 Å². The van der Waals surface area contributed by atoms with E-state index < -0.39 is 267 Å². The van der Waals surface area contributed by atoms with Crippen LogP contribution in [0.5, 0.6) is 0 Å². The number of carbonyl (C=O) groups is 21. The van der Waals surface area contributed by atoms with Crippen LogP contribution in [0.2, 0.25) is 0 Å². The van der Waals surface area contributed by atoms with Gasteiger partial charge in [0, 0.05) is 47.6 Å². The summed E-state index contributed by atoms with van der Waals surface area (Å²) in [6, 6.07) is -11.4. The van der Waals surface area contributed by atoms with E-state index in [1.165, 1.54) is 24.3 Å². The Bertz CT molecular complexity index is 4150. The number of aliphatic hydroxyl groups is 1. The number of hydrogen-bond donors (Lipinski definition) is 24. The number of para-hydroxylation sites is 2. The number of esters is 1. The normalized spacial score (nSPS) is 20.7. The average Bonchev–Trinajstić information content (AvgIpc) is 1.58. The molecule has 1 aliphatic heterocycles. The van der Waals surface area contributed by atoms with Gasteiger partial charge in [-0.05, 0) is 69.3 Å². The van der Waals surface area contributed by atoms with Crippen LogP contribution in [-0.4, -0.2) is 254 Å². The van der Waals surface area contributed by atoms with Crippen LogP contribution in [0.4, 0.5) is 10.5 Å². The molecule has 46 nitrogen and oxygen atoms in total. The smallest absolute Gasteiger partial charge is 0.329 e. The third-order valence-electron chi connectivity index (χ3n) is 17.9. The topological polar surface area (TPSA) is 771 Å². The van der Waals surface area contributed by atoms with E-state index in [1.54, 1.807) is 30.5 Å². The number of carbonyl (C=O) groups excluding carboxylic acids is 17. The van der Waals surface area contributed by atoms with Gasteiger partial charge in [0.15, 0.2) is 5.78 Å². The highest BCUT2D eigenvalue weighted by molar-refractivity contribution is 6.05. The number of Topliss-reactive ketones (excluding diaryl/α,β-unsaturated/α-hetero) is 1. The molecule has 1 aromatic heterocycles. The van der Waals surface area contributed by atoms with Gasteiger partial charge in [0.1, 0.15) is 72.6 Å². The molecular weight excluding hydrogens is 1570 g/mol. The van der Waals surface area contributed by atoms with Crippen molar-refractivity contribution in [1.29, 1.82) is 0 Å². The fourth-order valence-electron chi connectivity index (χ4n) is 11.7. The molecule has 16 amide bonds. The number of urea groups is 1. The zero-order valence-electron chi connectivity index (χ0n) is 65.7. The molecule has 2 heterocycles. The third kappa shape index (κ3) is 36.1. The number of aliphatic carboxylic acids is 4. The van der Waals surface area contributed by atoms with Gasteiger partial charge in [-0.1, -0.05) is 82.7 Å². The van der Waals surface area contributed by atoms with Gasteiger partial charge in [-0.2, -0.15) is 0 Å². The van der Waals surface area contributed by atoms with E-state index in [0.717, 1.165) is 52.9 Å². The zero-order chi connectivity index (χ0) is 89.3. The van der Waals surface area contributed by atoms with Crippen LogP contribution in [0.3, 0.4) is 0 Å². The van der Waals surface area contributed by atoms with Gasteiger partial charge in [-0.25, -0.2) is 9.59 Å². The molecule has 4 rings (SSSR count). The molecule has 654 valence electrons. The number of fused-ring (bicyclic) bond motifs is 1. The van der Waals surface area contributed by atoms with Gasteiger partial charge in [-0.3, -0.25) is 91.1 Å². The van der Waals surface area contributed by atoms with Crippen molar-refractivity contribution in [2.75, 3.05) is 32.0 Å². The second-order valence-electron chi connectivity index (χ2n) is 27.7. The molecule has 0 radical (unpaired) electrons.